The summed E-state index contributed by atoms with van der Waals surface area (Å²) in [7, 11) is 0. The smallest absolute Gasteiger partial charge is 0.303 e. The fourth-order valence-electron chi connectivity index (χ4n) is 2.63. The molecule has 0 radical (unpaired) electrons. The zero-order chi connectivity index (χ0) is 17.7. The van der Waals surface area contributed by atoms with E-state index in [1.54, 1.807) is 26.4 Å². The number of aromatic nitrogens is 2. The Morgan fingerprint density at radius 2 is 1.92 bits per heavy atom. The van der Waals surface area contributed by atoms with Crippen molar-refractivity contribution in [1.29, 1.82) is 0 Å². The van der Waals surface area contributed by atoms with Gasteiger partial charge in [0.05, 0.1) is 18.8 Å². The molecule has 128 valence electrons. The molecule has 0 spiro atoms. The monoisotopic (exact) mass is 329 g/mol. The molecule has 2 N–H and O–H groups in total. The van der Waals surface area contributed by atoms with Gasteiger partial charge in [-0.2, -0.15) is 0 Å². The molecule has 2 aromatic rings. The fourth-order valence-corrected chi connectivity index (χ4v) is 2.63. The maximum Gasteiger partial charge on any atom is 0.303 e. The molecule has 0 unspecified atom stereocenters. The first-order valence-electron chi connectivity index (χ1n) is 7.86. The summed E-state index contributed by atoms with van der Waals surface area (Å²) in [5.74, 6) is -1.04. The van der Waals surface area contributed by atoms with Crippen LogP contribution >= 0.6 is 0 Å². The third-order valence-electron chi connectivity index (χ3n) is 3.84. The van der Waals surface area contributed by atoms with Crippen LogP contribution in [0.4, 0.5) is 0 Å². The van der Waals surface area contributed by atoms with Crippen molar-refractivity contribution in [1.82, 2.24) is 14.9 Å². The van der Waals surface area contributed by atoms with E-state index in [2.05, 4.69) is 10.3 Å². The Kier molecular flexibility index (Phi) is 5.39. The molecule has 0 fully saturated rings. The molecule has 24 heavy (non-hydrogen) atoms. The minimum absolute atomic E-state index is 0.0333. The quantitative estimate of drug-likeness (QED) is 0.818. The molecular weight excluding hydrogens is 306 g/mol. The number of amides is 1. The number of hydrogen-bond acceptors (Lipinski definition) is 3. The van der Waals surface area contributed by atoms with Crippen molar-refractivity contribution < 1.29 is 14.7 Å². The van der Waals surface area contributed by atoms with Gasteiger partial charge in [0.25, 0.3) is 0 Å². The second kappa shape index (κ2) is 7.29. The van der Waals surface area contributed by atoms with E-state index in [9.17, 15) is 9.59 Å². The maximum atomic E-state index is 12.2. The number of nitrogens with one attached hydrogen (secondary N) is 1. The van der Waals surface area contributed by atoms with Crippen molar-refractivity contribution in [2.24, 2.45) is 5.41 Å². The summed E-state index contributed by atoms with van der Waals surface area (Å²) in [6.45, 7) is 5.48. The van der Waals surface area contributed by atoms with Crippen LogP contribution in [0.15, 0.2) is 43.0 Å². The van der Waals surface area contributed by atoms with Gasteiger partial charge in [-0.05, 0) is 30.0 Å². The molecule has 0 aliphatic carbocycles. The van der Waals surface area contributed by atoms with E-state index in [0.29, 0.717) is 0 Å². The Balaban J connectivity index is 1.95. The van der Waals surface area contributed by atoms with E-state index < -0.39 is 11.4 Å². The van der Waals surface area contributed by atoms with Crippen LogP contribution in [0.2, 0.25) is 0 Å². The zero-order valence-electron chi connectivity index (χ0n) is 14.2. The SMILES string of the molecule is C[C@@H](NC(=O)CC(C)(C)CC(=O)O)c1ccc(-n2ccnc2)cc1. The summed E-state index contributed by atoms with van der Waals surface area (Å²) in [5.41, 5.74) is 1.42. The van der Waals surface area contributed by atoms with E-state index in [4.69, 9.17) is 5.11 Å². The first kappa shape index (κ1) is 17.7. The summed E-state index contributed by atoms with van der Waals surface area (Å²) in [4.78, 5) is 27.0. The van der Waals surface area contributed by atoms with Gasteiger partial charge >= 0.3 is 5.97 Å². The first-order valence-corrected chi connectivity index (χ1v) is 7.86. The number of benzene rings is 1. The fraction of sp³-hybridized carbons (Fsp3) is 0.389. The normalized spacial score (nSPS) is 12.6. The molecular formula is C18H23N3O3. The van der Waals surface area contributed by atoms with E-state index in [0.717, 1.165) is 11.3 Å². The van der Waals surface area contributed by atoms with Crippen molar-refractivity contribution >= 4 is 11.9 Å². The lowest BCUT2D eigenvalue weighted by Gasteiger charge is -2.23. The molecule has 1 aromatic heterocycles. The van der Waals surface area contributed by atoms with E-state index in [-0.39, 0.29) is 24.8 Å². The highest BCUT2D eigenvalue weighted by Gasteiger charge is 2.25. The first-order chi connectivity index (χ1) is 11.3. The van der Waals surface area contributed by atoms with Gasteiger partial charge in [0.15, 0.2) is 0 Å². The molecule has 1 atom stereocenters. The molecule has 6 heteroatoms. The number of carbonyl (C=O) groups excluding carboxylic acids is 1. The Morgan fingerprint density at radius 3 is 2.46 bits per heavy atom. The van der Waals surface area contributed by atoms with Gasteiger partial charge in [0.1, 0.15) is 0 Å². The second-order valence-electron chi connectivity index (χ2n) is 6.76. The Hall–Kier alpha value is -2.63. The van der Waals surface area contributed by atoms with Crippen molar-refractivity contribution in [3.8, 4) is 5.69 Å². The molecule has 0 saturated heterocycles. The predicted molar refractivity (Wildman–Crippen MR) is 90.8 cm³/mol. The topological polar surface area (TPSA) is 84.2 Å². The lowest BCUT2D eigenvalue weighted by atomic mass is 9.85. The van der Waals surface area contributed by atoms with Crippen LogP contribution in [0.1, 0.15) is 45.2 Å². The predicted octanol–water partition coefficient (Wildman–Crippen LogP) is 2.94. The highest BCUT2D eigenvalue weighted by Crippen LogP contribution is 2.25. The number of imidazole rings is 1. The molecule has 1 amide bonds. The number of nitrogens with zero attached hydrogens (tertiary/aromatic N) is 2. The summed E-state index contributed by atoms with van der Waals surface area (Å²) in [5, 5.41) is 11.8. The van der Waals surface area contributed by atoms with Gasteiger partial charge in [-0.3, -0.25) is 9.59 Å². The minimum Gasteiger partial charge on any atom is -0.481 e. The van der Waals surface area contributed by atoms with E-state index in [1.807, 2.05) is 42.0 Å². The van der Waals surface area contributed by atoms with Crippen LogP contribution in [0.5, 0.6) is 0 Å². The molecule has 0 bridgehead atoms. The number of hydrogen-bond donors (Lipinski definition) is 2. The van der Waals surface area contributed by atoms with Crippen molar-refractivity contribution in [2.45, 2.75) is 39.7 Å². The average Bonchev–Trinajstić information content (AvgIpc) is 2.99. The van der Waals surface area contributed by atoms with Crippen LogP contribution in [-0.2, 0) is 9.59 Å². The minimum atomic E-state index is -0.893. The van der Waals surface area contributed by atoms with E-state index in [1.165, 1.54) is 0 Å². The number of carbonyl (C=O) groups is 2. The van der Waals surface area contributed by atoms with E-state index >= 15 is 0 Å². The maximum absolute atomic E-state index is 12.2. The van der Waals surface area contributed by atoms with Crippen LogP contribution < -0.4 is 5.32 Å². The Morgan fingerprint density at radius 1 is 1.25 bits per heavy atom. The third-order valence-corrected chi connectivity index (χ3v) is 3.84. The van der Waals surface area contributed by atoms with Gasteiger partial charge in [0, 0.05) is 24.5 Å². The van der Waals surface area contributed by atoms with Gasteiger partial charge in [-0.1, -0.05) is 26.0 Å². The molecule has 0 aliphatic rings. The van der Waals surface area contributed by atoms with Gasteiger partial charge in [-0.25, -0.2) is 4.98 Å². The molecule has 0 aliphatic heterocycles. The van der Waals surface area contributed by atoms with Gasteiger partial charge in [0.2, 0.25) is 5.91 Å². The summed E-state index contributed by atoms with van der Waals surface area (Å²) < 4.78 is 1.90. The molecule has 1 heterocycles. The average molecular weight is 329 g/mol. The number of aliphatic carboxylic acids is 1. The van der Waals surface area contributed by atoms with Crippen LogP contribution in [0.3, 0.4) is 0 Å². The summed E-state index contributed by atoms with van der Waals surface area (Å²) >= 11 is 0. The third kappa shape index (κ3) is 4.94. The van der Waals surface area contributed by atoms with Crippen molar-refractivity contribution in [3.05, 3.63) is 48.5 Å². The molecule has 1 aromatic carbocycles. The molecule has 6 nitrogen and oxygen atoms in total. The van der Waals surface area contributed by atoms with Gasteiger partial charge < -0.3 is 15.0 Å². The number of carboxylic acid groups (broad SMARTS) is 1. The van der Waals surface area contributed by atoms with Crippen LogP contribution in [0, 0.1) is 5.41 Å². The lowest BCUT2D eigenvalue weighted by molar-refractivity contribution is -0.139. The standard InChI is InChI=1S/C18H23N3O3/c1-13(20-16(22)10-18(2,3)11-17(23)24)14-4-6-15(7-5-14)21-9-8-19-12-21/h4-9,12-13H,10-11H2,1-3H3,(H,20,22)(H,23,24)/t13-/m1/s1. The Bertz CT molecular complexity index is 691. The number of rotatable bonds is 7. The largest absolute Gasteiger partial charge is 0.481 e. The van der Waals surface area contributed by atoms with Crippen LogP contribution in [0.25, 0.3) is 5.69 Å². The molecule has 2 rings (SSSR count). The van der Waals surface area contributed by atoms with Crippen molar-refractivity contribution in [2.75, 3.05) is 0 Å². The van der Waals surface area contributed by atoms with Crippen molar-refractivity contribution in [3.63, 3.8) is 0 Å². The second-order valence-corrected chi connectivity index (χ2v) is 6.76. The zero-order valence-corrected chi connectivity index (χ0v) is 14.2. The van der Waals surface area contributed by atoms with Crippen LogP contribution in [-0.4, -0.2) is 26.5 Å². The highest BCUT2D eigenvalue weighted by atomic mass is 16.4. The van der Waals surface area contributed by atoms with Gasteiger partial charge in [-0.15, -0.1) is 0 Å². The highest BCUT2D eigenvalue weighted by molar-refractivity contribution is 5.78. The summed E-state index contributed by atoms with van der Waals surface area (Å²) in [6, 6.07) is 7.71. The Labute approximate surface area is 141 Å². The lowest BCUT2D eigenvalue weighted by Crippen LogP contribution is -2.31. The molecule has 0 saturated carbocycles. The summed E-state index contributed by atoms with van der Waals surface area (Å²) in [6.07, 6.45) is 5.45. The number of carboxylic acids is 1.